The van der Waals surface area contributed by atoms with Gasteiger partial charge in [-0.05, 0) is 33.6 Å². The smallest absolute Gasteiger partial charge is 0.163 e. The van der Waals surface area contributed by atoms with Crippen LogP contribution in [0.25, 0.3) is 0 Å². The molecule has 3 heteroatoms. The zero-order valence-electron chi connectivity index (χ0n) is 8.95. The minimum Gasteiger partial charge on any atom is -0.294 e. The van der Waals surface area contributed by atoms with Gasteiger partial charge in [0, 0.05) is 12.0 Å². The average molecular weight is 192 g/mol. The lowest BCUT2D eigenvalue weighted by atomic mass is 10.1. The second kappa shape index (κ2) is 3.23. The van der Waals surface area contributed by atoms with E-state index in [0.717, 1.165) is 11.3 Å². The third-order valence-corrected chi connectivity index (χ3v) is 2.67. The summed E-state index contributed by atoms with van der Waals surface area (Å²) in [6.07, 6.45) is 4.13. The first-order valence-corrected chi connectivity index (χ1v) is 5.19. The quantitative estimate of drug-likeness (QED) is 0.690. The molecule has 1 saturated carbocycles. The summed E-state index contributed by atoms with van der Waals surface area (Å²) in [6.45, 7) is 5.82. The number of nitrogens with zero attached hydrogens (tertiary/aromatic N) is 2. The normalized spacial score (nSPS) is 16.3. The maximum absolute atomic E-state index is 11.4. The average Bonchev–Trinajstić information content (AvgIpc) is 2.83. The Labute approximate surface area is 84.1 Å². The van der Waals surface area contributed by atoms with Crippen molar-refractivity contribution in [1.29, 1.82) is 0 Å². The van der Waals surface area contributed by atoms with Crippen molar-refractivity contribution in [1.82, 2.24) is 9.78 Å². The standard InChI is InChI=1S/C11H16N2O/c1-7(2)13-11(9-4-5-9)10(6-12-13)8(3)14/h6-7,9H,4-5H2,1-3H3. The summed E-state index contributed by atoms with van der Waals surface area (Å²) >= 11 is 0. The van der Waals surface area contributed by atoms with Gasteiger partial charge >= 0.3 is 0 Å². The van der Waals surface area contributed by atoms with Crippen molar-refractivity contribution in [2.75, 3.05) is 0 Å². The molecule has 0 saturated heterocycles. The zero-order chi connectivity index (χ0) is 10.3. The van der Waals surface area contributed by atoms with Gasteiger partial charge in [0.05, 0.1) is 17.5 Å². The van der Waals surface area contributed by atoms with Crippen LogP contribution >= 0.6 is 0 Å². The Morgan fingerprint density at radius 1 is 1.57 bits per heavy atom. The van der Waals surface area contributed by atoms with E-state index in [2.05, 4.69) is 18.9 Å². The highest BCUT2D eigenvalue weighted by Crippen LogP contribution is 2.42. The van der Waals surface area contributed by atoms with Crippen LogP contribution in [0.15, 0.2) is 6.20 Å². The van der Waals surface area contributed by atoms with E-state index in [-0.39, 0.29) is 5.78 Å². The van der Waals surface area contributed by atoms with Gasteiger partial charge in [0.2, 0.25) is 0 Å². The van der Waals surface area contributed by atoms with Crippen LogP contribution in [0, 0.1) is 0 Å². The fraction of sp³-hybridized carbons (Fsp3) is 0.636. The highest BCUT2D eigenvalue weighted by atomic mass is 16.1. The summed E-state index contributed by atoms with van der Waals surface area (Å²) in [4.78, 5) is 11.4. The number of hydrogen-bond acceptors (Lipinski definition) is 2. The molecule has 0 spiro atoms. The molecule has 0 aliphatic heterocycles. The van der Waals surface area contributed by atoms with E-state index in [4.69, 9.17) is 0 Å². The van der Waals surface area contributed by atoms with Crippen molar-refractivity contribution in [3.8, 4) is 0 Å². The lowest BCUT2D eigenvalue weighted by Gasteiger charge is -2.10. The molecule has 0 N–H and O–H groups in total. The maximum atomic E-state index is 11.4. The third-order valence-electron chi connectivity index (χ3n) is 2.67. The molecule has 0 atom stereocenters. The molecule has 2 rings (SSSR count). The lowest BCUT2D eigenvalue weighted by Crippen LogP contribution is -2.08. The predicted octanol–water partition coefficient (Wildman–Crippen LogP) is 2.54. The molecule has 1 aromatic heterocycles. The van der Waals surface area contributed by atoms with Crippen molar-refractivity contribution in [2.24, 2.45) is 0 Å². The molecule has 3 nitrogen and oxygen atoms in total. The minimum absolute atomic E-state index is 0.138. The van der Waals surface area contributed by atoms with E-state index in [9.17, 15) is 4.79 Å². The summed E-state index contributed by atoms with van der Waals surface area (Å²) in [5.41, 5.74) is 1.98. The summed E-state index contributed by atoms with van der Waals surface area (Å²) in [5, 5.41) is 4.29. The highest BCUT2D eigenvalue weighted by molar-refractivity contribution is 5.95. The molecular formula is C11H16N2O. The van der Waals surface area contributed by atoms with Crippen LogP contribution in [0.4, 0.5) is 0 Å². The van der Waals surface area contributed by atoms with Gasteiger partial charge in [0.1, 0.15) is 0 Å². The molecule has 1 fully saturated rings. The molecule has 0 radical (unpaired) electrons. The van der Waals surface area contributed by atoms with E-state index >= 15 is 0 Å². The van der Waals surface area contributed by atoms with Crippen molar-refractivity contribution >= 4 is 5.78 Å². The molecule has 1 aromatic rings. The van der Waals surface area contributed by atoms with Crippen LogP contribution in [0.5, 0.6) is 0 Å². The molecule has 1 aliphatic carbocycles. The van der Waals surface area contributed by atoms with Crippen LogP contribution < -0.4 is 0 Å². The van der Waals surface area contributed by atoms with Crippen molar-refractivity contribution in [3.63, 3.8) is 0 Å². The van der Waals surface area contributed by atoms with Crippen LogP contribution in [-0.4, -0.2) is 15.6 Å². The number of Topliss-reactive ketones (excluding diaryl/α,β-unsaturated/α-hetero) is 1. The van der Waals surface area contributed by atoms with Crippen LogP contribution in [-0.2, 0) is 0 Å². The van der Waals surface area contributed by atoms with Gasteiger partial charge in [0.25, 0.3) is 0 Å². The number of hydrogen-bond donors (Lipinski definition) is 0. The number of rotatable bonds is 3. The van der Waals surface area contributed by atoms with Crippen molar-refractivity contribution in [2.45, 2.75) is 45.6 Å². The third kappa shape index (κ3) is 1.47. The van der Waals surface area contributed by atoms with Crippen molar-refractivity contribution < 1.29 is 4.79 Å². The predicted molar refractivity (Wildman–Crippen MR) is 54.6 cm³/mol. The Morgan fingerprint density at radius 3 is 2.64 bits per heavy atom. The first-order valence-electron chi connectivity index (χ1n) is 5.19. The number of aromatic nitrogens is 2. The molecule has 0 amide bonds. The Kier molecular flexibility index (Phi) is 2.17. The fourth-order valence-electron chi connectivity index (χ4n) is 1.82. The summed E-state index contributed by atoms with van der Waals surface area (Å²) in [7, 11) is 0. The van der Waals surface area contributed by atoms with Crippen LogP contribution in [0.3, 0.4) is 0 Å². The molecule has 76 valence electrons. The van der Waals surface area contributed by atoms with E-state index in [1.807, 2.05) is 4.68 Å². The van der Waals surface area contributed by atoms with E-state index < -0.39 is 0 Å². The van der Waals surface area contributed by atoms with Gasteiger partial charge in [-0.25, -0.2) is 0 Å². The van der Waals surface area contributed by atoms with Gasteiger partial charge < -0.3 is 0 Å². The molecule has 0 unspecified atom stereocenters. The Hall–Kier alpha value is -1.12. The van der Waals surface area contributed by atoms with Gasteiger partial charge in [-0.15, -0.1) is 0 Å². The first kappa shape index (κ1) is 9.44. The van der Waals surface area contributed by atoms with Gasteiger partial charge in [-0.1, -0.05) is 0 Å². The molecule has 0 bridgehead atoms. The Bertz CT molecular complexity index is 361. The number of carbonyl (C=O) groups is 1. The van der Waals surface area contributed by atoms with Crippen LogP contribution in [0.2, 0.25) is 0 Å². The fourth-order valence-corrected chi connectivity index (χ4v) is 1.82. The molecular weight excluding hydrogens is 176 g/mol. The zero-order valence-corrected chi connectivity index (χ0v) is 8.95. The number of carbonyl (C=O) groups excluding carboxylic acids is 1. The van der Waals surface area contributed by atoms with E-state index in [0.29, 0.717) is 12.0 Å². The maximum Gasteiger partial charge on any atom is 0.163 e. The first-order chi connectivity index (χ1) is 6.61. The van der Waals surface area contributed by atoms with Gasteiger partial charge in [-0.2, -0.15) is 5.10 Å². The topological polar surface area (TPSA) is 34.9 Å². The van der Waals surface area contributed by atoms with Gasteiger partial charge in [0.15, 0.2) is 5.78 Å². The Morgan fingerprint density at radius 2 is 2.21 bits per heavy atom. The molecule has 1 heterocycles. The SMILES string of the molecule is CC(=O)c1cnn(C(C)C)c1C1CC1. The second-order valence-corrected chi connectivity index (χ2v) is 4.31. The van der Waals surface area contributed by atoms with Crippen molar-refractivity contribution in [3.05, 3.63) is 17.5 Å². The summed E-state index contributed by atoms with van der Waals surface area (Å²) < 4.78 is 1.99. The monoisotopic (exact) mass is 192 g/mol. The molecule has 1 aliphatic rings. The minimum atomic E-state index is 0.138. The van der Waals surface area contributed by atoms with Crippen LogP contribution in [0.1, 0.15) is 61.6 Å². The summed E-state index contributed by atoms with van der Waals surface area (Å²) in [5.74, 6) is 0.720. The lowest BCUT2D eigenvalue weighted by molar-refractivity contribution is 0.101. The molecule has 14 heavy (non-hydrogen) atoms. The van der Waals surface area contributed by atoms with E-state index in [1.165, 1.54) is 12.8 Å². The Balaban J connectivity index is 2.46. The summed E-state index contributed by atoms with van der Waals surface area (Å²) in [6, 6.07) is 0.346. The second-order valence-electron chi connectivity index (χ2n) is 4.31. The number of ketones is 1. The highest BCUT2D eigenvalue weighted by Gasteiger charge is 2.31. The molecule has 0 aromatic carbocycles. The van der Waals surface area contributed by atoms with E-state index in [1.54, 1.807) is 13.1 Å². The van der Waals surface area contributed by atoms with Gasteiger partial charge in [-0.3, -0.25) is 9.48 Å². The largest absolute Gasteiger partial charge is 0.294 e.